The molecule has 0 saturated heterocycles. The molecule has 3 heterocycles. The van der Waals surface area contributed by atoms with Gasteiger partial charge in [-0.25, -0.2) is 19.6 Å². The molecule has 4 N–H and O–H groups in total. The van der Waals surface area contributed by atoms with Gasteiger partial charge in [0.15, 0.2) is 5.16 Å². The number of nitrogens with two attached hydrogens (primary N) is 1. The molecule has 1 unspecified atom stereocenters. The van der Waals surface area contributed by atoms with Crippen molar-refractivity contribution in [1.82, 2.24) is 20.6 Å². The molecule has 4 rings (SSSR count). The molecule has 154 valence electrons. The Hall–Kier alpha value is -2.33. The molecule has 1 aliphatic heterocycles. The zero-order chi connectivity index (χ0) is 20.5. The van der Waals surface area contributed by atoms with Crippen LogP contribution in [0.3, 0.4) is 0 Å². The van der Waals surface area contributed by atoms with Gasteiger partial charge in [-0.05, 0) is 45.1 Å². The number of rotatable bonds is 5. The summed E-state index contributed by atoms with van der Waals surface area (Å²) in [6.45, 7) is 3.77. The highest BCUT2D eigenvalue weighted by atomic mass is 32.2. The van der Waals surface area contributed by atoms with Crippen molar-refractivity contribution in [2.45, 2.75) is 50.7 Å². The number of thioether (sulfide) groups is 1. The third kappa shape index (κ3) is 3.91. The predicted octanol–water partition coefficient (Wildman–Crippen LogP) is 2.76. The van der Waals surface area contributed by atoms with Crippen molar-refractivity contribution in [1.29, 1.82) is 0 Å². The Bertz CT molecular complexity index is 1020. The Labute approximate surface area is 176 Å². The first kappa shape index (κ1) is 20.0. The maximum atomic E-state index is 12.3. The highest BCUT2D eigenvalue weighted by molar-refractivity contribution is 7.99. The van der Waals surface area contributed by atoms with Crippen molar-refractivity contribution in [3.05, 3.63) is 21.7 Å². The van der Waals surface area contributed by atoms with Gasteiger partial charge in [-0.15, -0.1) is 11.3 Å². The van der Waals surface area contributed by atoms with Crippen molar-refractivity contribution in [2.24, 2.45) is 0 Å². The molecule has 2 aliphatic rings. The van der Waals surface area contributed by atoms with Crippen molar-refractivity contribution >= 4 is 51.1 Å². The molecule has 0 bridgehead atoms. The molecule has 2 aromatic rings. The number of anilines is 1. The van der Waals surface area contributed by atoms with Gasteiger partial charge in [0, 0.05) is 16.3 Å². The summed E-state index contributed by atoms with van der Waals surface area (Å²) >= 11 is 3.03. The standard InChI is InChI=1S/C19H23N5O3S2/c1-3-27-17(25)13-9(2)21-18(26)22-11(13)8-28-19-23-15(20)14-10-6-4-5-7-12(10)29-16(14)24-19/h9H,3-8H2,1-2H3,(H2,20,23,24)(H2,21,22,26). The summed E-state index contributed by atoms with van der Waals surface area (Å²) in [5, 5.41) is 6.93. The van der Waals surface area contributed by atoms with E-state index in [0.29, 0.717) is 28.0 Å². The average molecular weight is 434 g/mol. The van der Waals surface area contributed by atoms with E-state index >= 15 is 0 Å². The number of hydrogen-bond acceptors (Lipinski definition) is 8. The minimum Gasteiger partial charge on any atom is -0.463 e. The normalized spacial score (nSPS) is 19.0. The molecule has 10 heteroatoms. The van der Waals surface area contributed by atoms with Gasteiger partial charge in [-0.2, -0.15) is 0 Å². The maximum Gasteiger partial charge on any atom is 0.337 e. The van der Waals surface area contributed by atoms with Crippen LogP contribution in [0.25, 0.3) is 10.2 Å². The van der Waals surface area contributed by atoms with Crippen molar-refractivity contribution in [3.63, 3.8) is 0 Å². The van der Waals surface area contributed by atoms with E-state index in [2.05, 4.69) is 15.6 Å². The number of carbonyl (C=O) groups is 2. The number of thiophene rings is 1. The molecule has 8 nitrogen and oxygen atoms in total. The SMILES string of the molecule is CCOC(=O)C1=C(CSc2nc(N)c3c4c(sc3n2)CCCC4)NC(=O)NC1C. The second-order valence-corrected chi connectivity index (χ2v) is 9.03. The number of hydrogen-bond donors (Lipinski definition) is 3. The van der Waals surface area contributed by atoms with Crippen LogP contribution in [0.1, 0.15) is 37.1 Å². The predicted molar refractivity (Wildman–Crippen MR) is 114 cm³/mol. The second kappa shape index (κ2) is 8.19. The largest absolute Gasteiger partial charge is 0.463 e. The van der Waals surface area contributed by atoms with Gasteiger partial charge in [-0.1, -0.05) is 11.8 Å². The average Bonchev–Trinajstić information content (AvgIpc) is 3.04. The first-order valence-electron chi connectivity index (χ1n) is 9.66. The Morgan fingerprint density at radius 3 is 2.93 bits per heavy atom. The lowest BCUT2D eigenvalue weighted by Crippen LogP contribution is -2.49. The van der Waals surface area contributed by atoms with E-state index in [1.54, 1.807) is 25.2 Å². The molecule has 0 aromatic carbocycles. The van der Waals surface area contributed by atoms with Gasteiger partial charge in [0.25, 0.3) is 0 Å². The number of nitrogens with one attached hydrogen (secondary N) is 2. The van der Waals surface area contributed by atoms with Crippen LogP contribution < -0.4 is 16.4 Å². The summed E-state index contributed by atoms with van der Waals surface area (Å²) in [5.41, 5.74) is 8.50. The summed E-state index contributed by atoms with van der Waals surface area (Å²) in [5.74, 6) is 0.395. The Balaban J connectivity index is 1.61. The van der Waals surface area contributed by atoms with Crippen LogP contribution >= 0.6 is 23.1 Å². The smallest absolute Gasteiger partial charge is 0.337 e. The summed E-state index contributed by atoms with van der Waals surface area (Å²) < 4.78 is 5.15. The van der Waals surface area contributed by atoms with Crippen molar-refractivity contribution in [2.75, 3.05) is 18.1 Å². The molecular weight excluding hydrogens is 410 g/mol. The molecule has 1 atom stereocenters. The molecule has 0 spiro atoms. The van der Waals surface area contributed by atoms with Crippen LogP contribution in [0.5, 0.6) is 0 Å². The Kier molecular flexibility index (Phi) is 5.64. The number of urea groups is 1. The van der Waals surface area contributed by atoms with E-state index in [1.807, 2.05) is 0 Å². The molecular formula is C19H23N5O3S2. The van der Waals surface area contributed by atoms with Gasteiger partial charge in [0.2, 0.25) is 0 Å². The fraction of sp³-hybridized carbons (Fsp3) is 0.474. The van der Waals surface area contributed by atoms with Crippen LogP contribution in [0.4, 0.5) is 10.6 Å². The number of nitrogen functional groups attached to an aromatic ring is 1. The number of esters is 1. The van der Waals surface area contributed by atoms with Gasteiger partial charge in [0.1, 0.15) is 10.6 Å². The molecule has 0 saturated carbocycles. The molecule has 2 aromatic heterocycles. The number of aryl methyl sites for hydroxylation is 2. The fourth-order valence-corrected chi connectivity index (χ4v) is 5.91. The summed E-state index contributed by atoms with van der Waals surface area (Å²) in [7, 11) is 0. The second-order valence-electron chi connectivity index (χ2n) is 7.00. The van der Waals surface area contributed by atoms with Crippen LogP contribution in [0.15, 0.2) is 16.4 Å². The number of carbonyl (C=O) groups excluding carboxylic acids is 2. The van der Waals surface area contributed by atoms with Gasteiger partial charge < -0.3 is 21.1 Å². The quantitative estimate of drug-likeness (QED) is 0.377. The minimum absolute atomic E-state index is 0.267. The fourth-order valence-electron chi connectivity index (χ4n) is 3.76. The first-order chi connectivity index (χ1) is 14.0. The van der Waals surface area contributed by atoms with Gasteiger partial charge in [0.05, 0.1) is 23.6 Å². The molecule has 0 radical (unpaired) electrons. The van der Waals surface area contributed by atoms with Gasteiger partial charge in [-0.3, -0.25) is 0 Å². The lowest BCUT2D eigenvalue weighted by atomic mass is 9.97. The van der Waals surface area contributed by atoms with Crippen molar-refractivity contribution < 1.29 is 14.3 Å². The summed E-state index contributed by atoms with van der Waals surface area (Å²) in [4.78, 5) is 35.7. The van der Waals surface area contributed by atoms with Crippen molar-refractivity contribution in [3.8, 4) is 0 Å². The van der Waals surface area contributed by atoms with Crippen LogP contribution in [-0.2, 0) is 22.4 Å². The number of ether oxygens (including phenoxy) is 1. The minimum atomic E-state index is -0.440. The van der Waals surface area contributed by atoms with Crippen LogP contribution in [0.2, 0.25) is 0 Å². The highest BCUT2D eigenvalue weighted by Crippen LogP contribution is 2.38. The monoisotopic (exact) mass is 433 g/mol. The third-order valence-corrected chi connectivity index (χ3v) is 7.09. The topological polar surface area (TPSA) is 119 Å². The Morgan fingerprint density at radius 1 is 1.34 bits per heavy atom. The maximum absolute atomic E-state index is 12.3. The van der Waals surface area contributed by atoms with E-state index in [1.165, 1.54) is 35.0 Å². The van der Waals surface area contributed by atoms with E-state index in [-0.39, 0.29) is 12.6 Å². The zero-order valence-electron chi connectivity index (χ0n) is 16.3. The number of aromatic nitrogens is 2. The molecule has 1 aliphatic carbocycles. The third-order valence-electron chi connectivity index (χ3n) is 5.03. The van der Waals surface area contributed by atoms with Gasteiger partial charge >= 0.3 is 12.0 Å². The lowest BCUT2D eigenvalue weighted by Gasteiger charge is -2.26. The number of fused-ring (bicyclic) bond motifs is 3. The molecule has 2 amide bonds. The first-order valence-corrected chi connectivity index (χ1v) is 11.5. The van der Waals surface area contributed by atoms with E-state index in [0.717, 1.165) is 23.1 Å². The van der Waals surface area contributed by atoms with E-state index in [9.17, 15) is 9.59 Å². The van der Waals surface area contributed by atoms with E-state index in [4.69, 9.17) is 15.5 Å². The lowest BCUT2D eigenvalue weighted by molar-refractivity contribution is -0.138. The zero-order valence-corrected chi connectivity index (χ0v) is 18.0. The van der Waals surface area contributed by atoms with Crippen LogP contribution in [-0.4, -0.2) is 40.4 Å². The summed E-state index contributed by atoms with van der Waals surface area (Å²) in [6.07, 6.45) is 4.48. The van der Waals surface area contributed by atoms with Crippen LogP contribution in [0, 0.1) is 0 Å². The molecule has 0 fully saturated rings. The number of amides is 2. The Morgan fingerprint density at radius 2 is 2.14 bits per heavy atom. The highest BCUT2D eigenvalue weighted by Gasteiger charge is 2.30. The summed E-state index contributed by atoms with van der Waals surface area (Å²) in [6, 6.07) is -0.779. The molecule has 29 heavy (non-hydrogen) atoms. The number of nitrogens with zero attached hydrogens (tertiary/aromatic N) is 2. The van der Waals surface area contributed by atoms with E-state index < -0.39 is 12.0 Å².